The summed E-state index contributed by atoms with van der Waals surface area (Å²) >= 11 is 0. The number of phenolic OH excluding ortho intramolecular Hbond substituents is 2. The van der Waals surface area contributed by atoms with Crippen molar-refractivity contribution in [2.75, 3.05) is 0 Å². The third kappa shape index (κ3) is 9.85. The maximum atomic E-state index is 10.4. The van der Waals surface area contributed by atoms with Crippen LogP contribution in [0.4, 0.5) is 0 Å². The standard InChI is InChI=1S/C26H46O2/c1-7-26(5,6)20-14-9-8-11-15-21-22(24(28)18-17-23(21)27)16-12-10-13-19-25(2,3)4/h17-18,27-28H,7-16,19-20H2,1-6H3. The van der Waals surface area contributed by atoms with Crippen LogP contribution in [-0.2, 0) is 12.8 Å². The minimum absolute atomic E-state index is 0.355. The maximum Gasteiger partial charge on any atom is 0.119 e. The van der Waals surface area contributed by atoms with Crippen molar-refractivity contribution in [3.05, 3.63) is 23.3 Å². The summed E-state index contributed by atoms with van der Waals surface area (Å²) < 4.78 is 0. The predicted octanol–water partition coefficient (Wildman–Crippen LogP) is 8.18. The van der Waals surface area contributed by atoms with Gasteiger partial charge in [-0.05, 0) is 61.5 Å². The minimum atomic E-state index is 0.355. The Labute approximate surface area is 174 Å². The van der Waals surface area contributed by atoms with E-state index in [0.717, 1.165) is 36.8 Å². The van der Waals surface area contributed by atoms with Crippen LogP contribution < -0.4 is 0 Å². The van der Waals surface area contributed by atoms with E-state index in [1.807, 2.05) is 0 Å². The van der Waals surface area contributed by atoms with Gasteiger partial charge in [-0.3, -0.25) is 0 Å². The van der Waals surface area contributed by atoms with Crippen molar-refractivity contribution in [1.82, 2.24) is 0 Å². The van der Waals surface area contributed by atoms with Crippen LogP contribution in [0.15, 0.2) is 12.1 Å². The molecule has 1 aromatic carbocycles. The summed E-state index contributed by atoms with van der Waals surface area (Å²) in [5, 5.41) is 20.7. The van der Waals surface area contributed by atoms with Gasteiger partial charge in [0.1, 0.15) is 11.5 Å². The molecule has 0 aliphatic rings. The van der Waals surface area contributed by atoms with E-state index in [9.17, 15) is 10.2 Å². The van der Waals surface area contributed by atoms with Crippen LogP contribution in [0.2, 0.25) is 0 Å². The van der Waals surface area contributed by atoms with Gasteiger partial charge in [-0.1, -0.05) is 80.1 Å². The zero-order valence-corrected chi connectivity index (χ0v) is 19.5. The van der Waals surface area contributed by atoms with Gasteiger partial charge in [0.25, 0.3) is 0 Å². The van der Waals surface area contributed by atoms with E-state index in [1.54, 1.807) is 12.1 Å². The van der Waals surface area contributed by atoms with E-state index >= 15 is 0 Å². The van der Waals surface area contributed by atoms with E-state index in [2.05, 4.69) is 41.5 Å². The van der Waals surface area contributed by atoms with Gasteiger partial charge >= 0.3 is 0 Å². The second-order valence-corrected chi connectivity index (χ2v) is 10.6. The molecule has 2 nitrogen and oxygen atoms in total. The molecule has 0 fully saturated rings. The summed E-state index contributed by atoms with van der Waals surface area (Å²) in [5.41, 5.74) is 2.81. The zero-order valence-electron chi connectivity index (χ0n) is 19.5. The molecule has 1 aromatic rings. The van der Waals surface area contributed by atoms with Crippen LogP contribution in [0.1, 0.15) is 117 Å². The molecular formula is C26H46O2. The van der Waals surface area contributed by atoms with Crippen LogP contribution in [0.25, 0.3) is 0 Å². The third-order valence-corrected chi connectivity index (χ3v) is 6.22. The lowest BCUT2D eigenvalue weighted by Gasteiger charge is -2.22. The highest BCUT2D eigenvalue weighted by molar-refractivity contribution is 5.47. The highest BCUT2D eigenvalue weighted by atomic mass is 16.3. The summed E-state index contributed by atoms with van der Waals surface area (Å²) in [5.74, 6) is 0.711. The smallest absolute Gasteiger partial charge is 0.119 e. The van der Waals surface area contributed by atoms with E-state index < -0.39 is 0 Å². The zero-order chi connectivity index (χ0) is 21.2. The molecule has 2 heteroatoms. The van der Waals surface area contributed by atoms with Crippen LogP contribution >= 0.6 is 0 Å². The molecule has 0 aromatic heterocycles. The first-order valence-electron chi connectivity index (χ1n) is 11.6. The molecule has 162 valence electrons. The molecule has 0 unspecified atom stereocenters. The lowest BCUT2D eigenvalue weighted by Crippen LogP contribution is -2.08. The molecular weight excluding hydrogens is 344 g/mol. The fraction of sp³-hybridized carbons (Fsp3) is 0.769. The van der Waals surface area contributed by atoms with Crippen LogP contribution in [0, 0.1) is 10.8 Å². The topological polar surface area (TPSA) is 40.5 Å². The molecule has 0 radical (unpaired) electrons. The highest BCUT2D eigenvalue weighted by Gasteiger charge is 2.15. The van der Waals surface area contributed by atoms with Crippen molar-refractivity contribution in [2.24, 2.45) is 10.8 Å². The second-order valence-electron chi connectivity index (χ2n) is 10.6. The largest absolute Gasteiger partial charge is 0.508 e. The highest BCUT2D eigenvalue weighted by Crippen LogP contribution is 2.33. The van der Waals surface area contributed by atoms with Gasteiger partial charge in [-0.2, -0.15) is 0 Å². The molecule has 0 spiro atoms. The molecule has 1 rings (SSSR count). The van der Waals surface area contributed by atoms with Crippen molar-refractivity contribution >= 4 is 0 Å². The Kier molecular flexibility index (Phi) is 10.4. The lowest BCUT2D eigenvalue weighted by atomic mass is 9.84. The number of rotatable bonds is 13. The Balaban J connectivity index is 2.47. The van der Waals surface area contributed by atoms with Gasteiger partial charge in [0.15, 0.2) is 0 Å². The Morgan fingerprint density at radius 2 is 1.07 bits per heavy atom. The van der Waals surface area contributed by atoms with Gasteiger partial charge in [0.05, 0.1) is 0 Å². The lowest BCUT2D eigenvalue weighted by molar-refractivity contribution is 0.307. The summed E-state index contributed by atoms with van der Waals surface area (Å²) in [6, 6.07) is 3.30. The SMILES string of the molecule is CCC(C)(C)CCCCCCc1c(O)ccc(O)c1CCCCCC(C)(C)C. The Morgan fingerprint density at radius 3 is 1.54 bits per heavy atom. The monoisotopic (exact) mass is 390 g/mol. The number of hydrogen-bond donors (Lipinski definition) is 2. The van der Waals surface area contributed by atoms with Crippen molar-refractivity contribution in [3.8, 4) is 11.5 Å². The van der Waals surface area contributed by atoms with Gasteiger partial charge in [0, 0.05) is 11.1 Å². The van der Waals surface area contributed by atoms with E-state index in [-0.39, 0.29) is 0 Å². The fourth-order valence-electron chi connectivity index (χ4n) is 3.80. The summed E-state index contributed by atoms with van der Waals surface area (Å²) in [6.45, 7) is 13.8. The second kappa shape index (κ2) is 11.7. The molecule has 0 atom stereocenters. The van der Waals surface area contributed by atoms with Gasteiger partial charge in [-0.15, -0.1) is 0 Å². The number of unbranched alkanes of at least 4 members (excludes halogenated alkanes) is 5. The fourth-order valence-corrected chi connectivity index (χ4v) is 3.80. The van der Waals surface area contributed by atoms with Crippen LogP contribution in [0.5, 0.6) is 11.5 Å². The molecule has 0 saturated heterocycles. The molecule has 0 aliphatic heterocycles. The number of benzene rings is 1. The molecule has 0 amide bonds. The molecule has 2 N–H and O–H groups in total. The van der Waals surface area contributed by atoms with Crippen molar-refractivity contribution in [1.29, 1.82) is 0 Å². The minimum Gasteiger partial charge on any atom is -0.508 e. The molecule has 0 bridgehead atoms. The van der Waals surface area contributed by atoms with Crippen molar-refractivity contribution < 1.29 is 10.2 Å². The number of hydrogen-bond acceptors (Lipinski definition) is 2. The van der Waals surface area contributed by atoms with Gasteiger partial charge < -0.3 is 10.2 Å². The van der Waals surface area contributed by atoms with Crippen LogP contribution in [-0.4, -0.2) is 10.2 Å². The first-order valence-corrected chi connectivity index (χ1v) is 11.6. The summed E-state index contributed by atoms with van der Waals surface area (Å²) in [6.07, 6.45) is 13.8. The predicted molar refractivity (Wildman–Crippen MR) is 122 cm³/mol. The maximum absolute atomic E-state index is 10.4. The summed E-state index contributed by atoms with van der Waals surface area (Å²) in [7, 11) is 0. The Bertz CT molecular complexity index is 567. The summed E-state index contributed by atoms with van der Waals surface area (Å²) in [4.78, 5) is 0. The van der Waals surface area contributed by atoms with E-state index in [0.29, 0.717) is 22.3 Å². The Morgan fingerprint density at radius 1 is 0.643 bits per heavy atom. The quantitative estimate of drug-likeness (QED) is 0.263. The molecule has 28 heavy (non-hydrogen) atoms. The molecule has 0 saturated carbocycles. The van der Waals surface area contributed by atoms with Crippen LogP contribution in [0.3, 0.4) is 0 Å². The average Bonchev–Trinajstić information content (AvgIpc) is 2.61. The van der Waals surface area contributed by atoms with E-state index in [4.69, 9.17) is 0 Å². The first kappa shape index (κ1) is 24.9. The molecule has 0 heterocycles. The number of aromatic hydroxyl groups is 2. The number of phenols is 2. The first-order chi connectivity index (χ1) is 13.1. The average molecular weight is 391 g/mol. The van der Waals surface area contributed by atoms with Gasteiger partial charge in [0.2, 0.25) is 0 Å². The normalized spacial score (nSPS) is 12.5. The van der Waals surface area contributed by atoms with Crippen molar-refractivity contribution in [2.45, 2.75) is 119 Å². The molecule has 0 aliphatic carbocycles. The van der Waals surface area contributed by atoms with Crippen molar-refractivity contribution in [3.63, 3.8) is 0 Å². The Hall–Kier alpha value is -1.18. The third-order valence-electron chi connectivity index (χ3n) is 6.22. The van der Waals surface area contributed by atoms with Gasteiger partial charge in [-0.25, -0.2) is 0 Å². The van der Waals surface area contributed by atoms with E-state index in [1.165, 1.54) is 51.4 Å².